The van der Waals surface area contributed by atoms with E-state index in [9.17, 15) is 4.79 Å². The number of rotatable bonds is 2. The van der Waals surface area contributed by atoms with Crippen LogP contribution in [0, 0.1) is 29.6 Å². The first-order chi connectivity index (χ1) is 8.77. The van der Waals surface area contributed by atoms with Gasteiger partial charge in [0.05, 0.1) is 0 Å². The molecule has 4 rings (SSSR count). The van der Waals surface area contributed by atoms with Crippen LogP contribution in [0.1, 0.15) is 32.1 Å². The first kappa shape index (κ1) is 13.7. The van der Waals surface area contributed by atoms with Gasteiger partial charge in [0.1, 0.15) is 0 Å². The average Bonchev–Trinajstić information content (AvgIpc) is 2.85. The minimum absolute atomic E-state index is 0. The second-order valence-electron chi connectivity index (χ2n) is 6.94. The Morgan fingerprint density at radius 2 is 1.63 bits per heavy atom. The number of fused-ring (bicyclic) bond motifs is 5. The minimum Gasteiger partial charge on any atom is -0.342 e. The molecule has 1 N–H and O–H groups in total. The molecule has 3 nitrogen and oxygen atoms in total. The lowest BCUT2D eigenvalue weighted by Gasteiger charge is -2.32. The van der Waals surface area contributed by atoms with E-state index in [1.165, 1.54) is 19.3 Å². The summed E-state index contributed by atoms with van der Waals surface area (Å²) in [4.78, 5) is 14.7. The molecule has 1 amide bonds. The Balaban J connectivity index is 0.00000110. The molecule has 2 bridgehead atoms. The van der Waals surface area contributed by atoms with Crippen molar-refractivity contribution in [2.75, 3.05) is 20.1 Å². The zero-order valence-corrected chi connectivity index (χ0v) is 12.5. The molecule has 4 heteroatoms. The molecule has 3 aliphatic carbocycles. The topological polar surface area (TPSA) is 32.3 Å². The van der Waals surface area contributed by atoms with Crippen molar-refractivity contribution >= 4 is 18.3 Å². The van der Waals surface area contributed by atoms with Gasteiger partial charge in [-0.2, -0.15) is 0 Å². The van der Waals surface area contributed by atoms with Gasteiger partial charge in [-0.1, -0.05) is 0 Å². The molecule has 1 aliphatic heterocycles. The summed E-state index contributed by atoms with van der Waals surface area (Å²) in [6, 6.07) is 0.498. The second kappa shape index (κ2) is 4.92. The summed E-state index contributed by atoms with van der Waals surface area (Å²) in [7, 11) is 2.05. The molecule has 0 aromatic heterocycles. The molecule has 4 unspecified atom stereocenters. The number of halogens is 1. The largest absolute Gasteiger partial charge is 0.342 e. The van der Waals surface area contributed by atoms with Gasteiger partial charge < -0.3 is 10.2 Å². The number of carbonyl (C=O) groups is 1. The fourth-order valence-electron chi connectivity index (χ4n) is 5.26. The van der Waals surface area contributed by atoms with Gasteiger partial charge in [-0.05, 0) is 68.9 Å². The zero-order valence-electron chi connectivity index (χ0n) is 11.7. The third-order valence-corrected chi connectivity index (χ3v) is 6.22. The number of hydrogen-bond donors (Lipinski definition) is 1. The highest BCUT2D eigenvalue weighted by Crippen LogP contribution is 2.69. The molecule has 0 radical (unpaired) electrons. The molecule has 4 fully saturated rings. The molecular formula is C15H25ClN2O. The Morgan fingerprint density at radius 1 is 1.05 bits per heavy atom. The van der Waals surface area contributed by atoms with Crippen LogP contribution in [-0.2, 0) is 4.79 Å². The van der Waals surface area contributed by atoms with Crippen molar-refractivity contribution in [2.45, 2.75) is 38.1 Å². The quantitative estimate of drug-likeness (QED) is 0.840. The van der Waals surface area contributed by atoms with E-state index in [-0.39, 0.29) is 12.4 Å². The van der Waals surface area contributed by atoms with Gasteiger partial charge in [-0.25, -0.2) is 0 Å². The van der Waals surface area contributed by atoms with E-state index in [0.29, 0.717) is 17.9 Å². The fourth-order valence-corrected chi connectivity index (χ4v) is 5.26. The maximum Gasteiger partial charge on any atom is 0.226 e. The summed E-state index contributed by atoms with van der Waals surface area (Å²) in [5.74, 6) is 4.32. The standard InChI is InChI=1S/C15H24N2O.ClH/c1-17(11-4-6-16-7-5-11)15(18)14-12-9-2-3-10(8-9)13(12)14;/h9-14,16H,2-8H2,1H3;1H. The van der Waals surface area contributed by atoms with Crippen molar-refractivity contribution in [1.82, 2.24) is 10.2 Å². The molecule has 4 atom stereocenters. The van der Waals surface area contributed by atoms with E-state index in [1.807, 2.05) is 7.05 Å². The molecule has 1 saturated heterocycles. The summed E-state index contributed by atoms with van der Waals surface area (Å²) in [6.07, 6.45) is 6.53. The summed E-state index contributed by atoms with van der Waals surface area (Å²) in [5.41, 5.74) is 0. The first-order valence-electron chi connectivity index (χ1n) is 7.75. The van der Waals surface area contributed by atoms with Gasteiger partial charge >= 0.3 is 0 Å². The van der Waals surface area contributed by atoms with E-state index in [2.05, 4.69) is 10.2 Å². The molecule has 0 aromatic carbocycles. The van der Waals surface area contributed by atoms with Crippen molar-refractivity contribution in [2.24, 2.45) is 29.6 Å². The van der Waals surface area contributed by atoms with Gasteiger partial charge in [0.2, 0.25) is 5.91 Å². The summed E-state index contributed by atoms with van der Waals surface area (Å²) >= 11 is 0. The minimum atomic E-state index is 0. The van der Waals surface area contributed by atoms with Gasteiger partial charge in [-0.3, -0.25) is 4.79 Å². The third-order valence-electron chi connectivity index (χ3n) is 6.22. The van der Waals surface area contributed by atoms with Gasteiger partial charge in [0, 0.05) is 19.0 Å². The smallest absolute Gasteiger partial charge is 0.226 e. The van der Waals surface area contributed by atoms with Crippen LogP contribution < -0.4 is 5.32 Å². The van der Waals surface area contributed by atoms with Crippen molar-refractivity contribution in [3.8, 4) is 0 Å². The highest BCUT2D eigenvalue weighted by Gasteiger charge is 2.67. The summed E-state index contributed by atoms with van der Waals surface area (Å²) in [6.45, 7) is 2.15. The Morgan fingerprint density at radius 3 is 2.21 bits per heavy atom. The van der Waals surface area contributed by atoms with Gasteiger partial charge in [-0.15, -0.1) is 12.4 Å². The van der Waals surface area contributed by atoms with E-state index < -0.39 is 0 Å². The number of amides is 1. The van der Waals surface area contributed by atoms with Crippen LogP contribution in [0.2, 0.25) is 0 Å². The number of piperidine rings is 1. The Kier molecular flexibility index (Phi) is 3.55. The van der Waals surface area contributed by atoms with Crippen LogP contribution in [0.5, 0.6) is 0 Å². The number of hydrogen-bond acceptors (Lipinski definition) is 2. The van der Waals surface area contributed by atoms with Crippen LogP contribution in [0.3, 0.4) is 0 Å². The van der Waals surface area contributed by atoms with Crippen LogP contribution in [-0.4, -0.2) is 37.0 Å². The molecule has 19 heavy (non-hydrogen) atoms. The predicted octanol–water partition coefficient (Wildman–Crippen LogP) is 1.91. The van der Waals surface area contributed by atoms with Crippen LogP contribution in [0.15, 0.2) is 0 Å². The van der Waals surface area contributed by atoms with Gasteiger partial charge in [0.25, 0.3) is 0 Å². The monoisotopic (exact) mass is 284 g/mol. The number of nitrogens with one attached hydrogen (secondary N) is 1. The number of carbonyl (C=O) groups excluding carboxylic acids is 1. The van der Waals surface area contributed by atoms with Crippen LogP contribution >= 0.6 is 12.4 Å². The maximum atomic E-state index is 12.6. The lowest BCUT2D eigenvalue weighted by molar-refractivity contribution is -0.134. The van der Waals surface area contributed by atoms with Crippen molar-refractivity contribution in [3.05, 3.63) is 0 Å². The predicted molar refractivity (Wildman–Crippen MR) is 77.2 cm³/mol. The summed E-state index contributed by atoms with van der Waals surface area (Å²) < 4.78 is 0. The average molecular weight is 285 g/mol. The number of nitrogens with zero attached hydrogens (tertiary/aromatic N) is 1. The highest BCUT2D eigenvalue weighted by molar-refractivity contribution is 5.85. The van der Waals surface area contributed by atoms with Crippen molar-refractivity contribution < 1.29 is 4.79 Å². The van der Waals surface area contributed by atoms with E-state index in [4.69, 9.17) is 0 Å². The Hall–Kier alpha value is -0.280. The first-order valence-corrected chi connectivity index (χ1v) is 7.75. The molecular weight excluding hydrogens is 260 g/mol. The SMILES string of the molecule is CN(C(=O)C1C2C3CCC(C3)C12)C1CCNCC1.Cl. The zero-order chi connectivity index (χ0) is 12.3. The molecule has 0 aromatic rings. The maximum absolute atomic E-state index is 12.6. The van der Waals surface area contributed by atoms with Crippen molar-refractivity contribution in [1.29, 1.82) is 0 Å². The molecule has 3 saturated carbocycles. The highest BCUT2D eigenvalue weighted by atomic mass is 35.5. The Labute approximate surface area is 121 Å². The molecule has 1 heterocycles. The van der Waals surface area contributed by atoms with Crippen LogP contribution in [0.4, 0.5) is 0 Å². The Bertz CT molecular complexity index is 353. The normalized spacial score (nSPS) is 43.5. The second-order valence-corrected chi connectivity index (χ2v) is 6.94. The van der Waals surface area contributed by atoms with E-state index in [0.717, 1.165) is 49.6 Å². The third kappa shape index (κ3) is 2.01. The fraction of sp³-hybridized carbons (Fsp3) is 0.933. The molecule has 108 valence electrons. The molecule has 0 spiro atoms. The van der Waals surface area contributed by atoms with E-state index >= 15 is 0 Å². The lowest BCUT2D eigenvalue weighted by atomic mass is 10.00. The lowest BCUT2D eigenvalue weighted by Crippen LogP contribution is -2.45. The van der Waals surface area contributed by atoms with Gasteiger partial charge in [0.15, 0.2) is 0 Å². The van der Waals surface area contributed by atoms with Crippen molar-refractivity contribution in [3.63, 3.8) is 0 Å². The van der Waals surface area contributed by atoms with E-state index in [1.54, 1.807) is 0 Å². The van der Waals surface area contributed by atoms with Crippen LogP contribution in [0.25, 0.3) is 0 Å². The molecule has 4 aliphatic rings. The summed E-state index contributed by atoms with van der Waals surface area (Å²) in [5, 5.41) is 3.38.